The molecule has 0 aliphatic heterocycles. The first-order valence-corrected chi connectivity index (χ1v) is 8.86. The fraction of sp³-hybridized carbons (Fsp3) is 0.625. The van der Waals surface area contributed by atoms with Crippen LogP contribution >= 0.6 is 0 Å². The van der Waals surface area contributed by atoms with E-state index in [4.69, 9.17) is 21.1 Å². The second kappa shape index (κ2) is 12.4. The minimum absolute atomic E-state index is 1.02. The first kappa shape index (κ1) is 27.7. The van der Waals surface area contributed by atoms with E-state index in [0.717, 1.165) is 6.92 Å². The molecule has 0 rings (SSSR count). The number of carboxylic acids is 3. The maximum Gasteiger partial charge on any atom is 0.326 e. The second-order valence-electron chi connectivity index (χ2n) is 6.65. The fourth-order valence-corrected chi connectivity index (χ4v) is 2.17. The van der Waals surface area contributed by atoms with Crippen molar-refractivity contribution < 1.29 is 54.3 Å². The zero-order valence-corrected chi connectivity index (χ0v) is 16.6. The molecule has 0 aliphatic rings. The summed E-state index contributed by atoms with van der Waals surface area (Å²) in [6.45, 7) is 2.29. The van der Waals surface area contributed by atoms with Crippen LogP contribution in [0.5, 0.6) is 0 Å². The first-order valence-electron chi connectivity index (χ1n) is 8.86. The standard InChI is InChI=1S/C16H26N4O11/c1-5(21)11(17)14(28)20-12(6(2)22)15(29)18-7(3-9(23)24)13(27)19-8(16(30)31)4-10(25)26/h5-8,11-12,21-22H,3-4,17H2,1-2H3,(H,18,29)(H,19,27)(H,20,28)(H,23,24)(H,25,26)(H,30,31). The van der Waals surface area contributed by atoms with E-state index in [1.165, 1.54) is 6.92 Å². The van der Waals surface area contributed by atoms with E-state index in [-0.39, 0.29) is 0 Å². The number of nitrogens with one attached hydrogen (secondary N) is 3. The lowest BCUT2D eigenvalue weighted by Gasteiger charge is -2.26. The van der Waals surface area contributed by atoms with Crippen LogP contribution in [-0.4, -0.2) is 97.5 Å². The van der Waals surface area contributed by atoms with Crippen molar-refractivity contribution in [3.8, 4) is 0 Å². The summed E-state index contributed by atoms with van der Waals surface area (Å²) >= 11 is 0. The molecule has 10 N–H and O–H groups in total. The van der Waals surface area contributed by atoms with Crippen molar-refractivity contribution in [2.75, 3.05) is 0 Å². The maximum atomic E-state index is 12.4. The van der Waals surface area contributed by atoms with E-state index < -0.39 is 84.8 Å². The van der Waals surface area contributed by atoms with Crippen LogP contribution in [0.1, 0.15) is 26.7 Å². The lowest BCUT2D eigenvalue weighted by atomic mass is 10.1. The molecule has 3 amide bonds. The molecule has 0 radical (unpaired) electrons. The molecule has 31 heavy (non-hydrogen) atoms. The molecule has 0 heterocycles. The quantitative estimate of drug-likeness (QED) is 0.129. The van der Waals surface area contributed by atoms with E-state index in [0.29, 0.717) is 0 Å². The number of nitrogens with two attached hydrogens (primary N) is 1. The molecule has 0 aliphatic carbocycles. The first-order chi connectivity index (χ1) is 14.2. The zero-order valence-electron chi connectivity index (χ0n) is 16.6. The van der Waals surface area contributed by atoms with Crippen molar-refractivity contribution in [1.29, 1.82) is 0 Å². The van der Waals surface area contributed by atoms with Crippen molar-refractivity contribution in [2.45, 2.75) is 63.1 Å². The minimum Gasteiger partial charge on any atom is -0.481 e. The summed E-state index contributed by atoms with van der Waals surface area (Å²) in [7, 11) is 0. The number of amides is 3. The summed E-state index contributed by atoms with van der Waals surface area (Å²) in [5, 5.41) is 51.5. The van der Waals surface area contributed by atoms with Gasteiger partial charge in [-0.1, -0.05) is 0 Å². The Morgan fingerprint density at radius 3 is 1.55 bits per heavy atom. The smallest absolute Gasteiger partial charge is 0.326 e. The average molecular weight is 450 g/mol. The van der Waals surface area contributed by atoms with Crippen LogP contribution in [0, 0.1) is 0 Å². The number of aliphatic hydroxyl groups is 2. The lowest BCUT2D eigenvalue weighted by Crippen LogP contribution is -2.61. The van der Waals surface area contributed by atoms with Crippen molar-refractivity contribution in [2.24, 2.45) is 5.73 Å². The van der Waals surface area contributed by atoms with Gasteiger partial charge in [-0.25, -0.2) is 4.79 Å². The summed E-state index contributed by atoms with van der Waals surface area (Å²) in [5.74, 6) is -8.40. The molecular formula is C16H26N4O11. The van der Waals surface area contributed by atoms with Crippen LogP contribution in [0.15, 0.2) is 0 Å². The zero-order chi connectivity index (χ0) is 24.5. The Morgan fingerprint density at radius 1 is 0.710 bits per heavy atom. The van der Waals surface area contributed by atoms with Gasteiger partial charge < -0.3 is 47.2 Å². The van der Waals surface area contributed by atoms with Gasteiger partial charge in [-0.05, 0) is 13.8 Å². The van der Waals surface area contributed by atoms with E-state index >= 15 is 0 Å². The van der Waals surface area contributed by atoms with E-state index in [1.54, 1.807) is 5.32 Å². The number of rotatable bonds is 13. The largest absolute Gasteiger partial charge is 0.481 e. The highest BCUT2D eigenvalue weighted by Gasteiger charge is 2.34. The predicted octanol–water partition coefficient (Wildman–Crippen LogP) is -4.44. The molecule has 0 bridgehead atoms. The van der Waals surface area contributed by atoms with Crippen LogP contribution in [0.4, 0.5) is 0 Å². The number of aliphatic carboxylic acids is 3. The van der Waals surface area contributed by atoms with Gasteiger partial charge in [-0.2, -0.15) is 0 Å². The number of aliphatic hydroxyl groups excluding tert-OH is 2. The molecule has 0 fully saturated rings. The molecule has 176 valence electrons. The number of carbonyl (C=O) groups excluding carboxylic acids is 3. The molecule has 0 saturated heterocycles. The average Bonchev–Trinajstić information content (AvgIpc) is 2.62. The van der Waals surface area contributed by atoms with Crippen LogP contribution in [-0.2, 0) is 28.8 Å². The van der Waals surface area contributed by atoms with Gasteiger partial charge >= 0.3 is 17.9 Å². The Labute approximate surface area is 175 Å². The molecule has 0 spiro atoms. The van der Waals surface area contributed by atoms with Crippen molar-refractivity contribution in [3.05, 3.63) is 0 Å². The lowest BCUT2D eigenvalue weighted by molar-refractivity contribution is -0.148. The molecule has 6 unspecified atom stereocenters. The molecule has 6 atom stereocenters. The van der Waals surface area contributed by atoms with Crippen molar-refractivity contribution >= 4 is 35.6 Å². The Morgan fingerprint density at radius 2 is 1.16 bits per heavy atom. The number of carboxylic acid groups (broad SMARTS) is 3. The van der Waals surface area contributed by atoms with Crippen LogP contribution in [0.25, 0.3) is 0 Å². The highest BCUT2D eigenvalue weighted by molar-refractivity contribution is 5.96. The summed E-state index contributed by atoms with van der Waals surface area (Å²) in [6, 6.07) is -6.95. The van der Waals surface area contributed by atoms with Gasteiger partial charge in [0.2, 0.25) is 17.7 Å². The molecule has 15 nitrogen and oxygen atoms in total. The van der Waals surface area contributed by atoms with Crippen molar-refractivity contribution in [1.82, 2.24) is 16.0 Å². The van der Waals surface area contributed by atoms with E-state index in [1.807, 2.05) is 10.6 Å². The molecular weight excluding hydrogens is 424 g/mol. The second-order valence-corrected chi connectivity index (χ2v) is 6.65. The summed E-state index contributed by atoms with van der Waals surface area (Å²) < 4.78 is 0. The summed E-state index contributed by atoms with van der Waals surface area (Å²) in [6.07, 6.45) is -4.88. The van der Waals surface area contributed by atoms with Crippen LogP contribution < -0.4 is 21.7 Å². The molecule has 15 heteroatoms. The van der Waals surface area contributed by atoms with Gasteiger partial charge in [0.05, 0.1) is 25.0 Å². The van der Waals surface area contributed by atoms with Gasteiger partial charge in [0.25, 0.3) is 0 Å². The SMILES string of the molecule is CC(O)C(N)C(=O)NC(C(=O)NC(CC(=O)O)C(=O)NC(CC(=O)O)C(=O)O)C(C)O. The van der Waals surface area contributed by atoms with Gasteiger partial charge in [-0.3, -0.25) is 24.0 Å². The van der Waals surface area contributed by atoms with Gasteiger partial charge in [-0.15, -0.1) is 0 Å². The maximum absolute atomic E-state index is 12.4. The Hall–Kier alpha value is -3.30. The summed E-state index contributed by atoms with van der Waals surface area (Å²) in [4.78, 5) is 69.5. The van der Waals surface area contributed by atoms with Gasteiger partial charge in [0.1, 0.15) is 24.2 Å². The highest BCUT2D eigenvalue weighted by Crippen LogP contribution is 2.02. The third-order valence-corrected chi connectivity index (χ3v) is 3.89. The van der Waals surface area contributed by atoms with E-state index in [9.17, 15) is 39.0 Å². The van der Waals surface area contributed by atoms with Crippen molar-refractivity contribution in [3.63, 3.8) is 0 Å². The van der Waals surface area contributed by atoms with Gasteiger partial charge in [0.15, 0.2) is 0 Å². The number of hydrogen-bond acceptors (Lipinski definition) is 9. The topological polar surface area (TPSA) is 266 Å². The minimum atomic E-state index is -1.91. The highest BCUT2D eigenvalue weighted by atomic mass is 16.4. The Bertz CT molecular complexity index is 710. The Balaban J connectivity index is 5.49. The predicted molar refractivity (Wildman–Crippen MR) is 99.3 cm³/mol. The normalized spacial score (nSPS) is 16.5. The van der Waals surface area contributed by atoms with Crippen LogP contribution in [0.3, 0.4) is 0 Å². The Kier molecular flexibility index (Phi) is 11.1. The molecule has 0 aromatic rings. The third-order valence-electron chi connectivity index (χ3n) is 3.89. The van der Waals surface area contributed by atoms with Gasteiger partial charge in [0, 0.05) is 0 Å². The monoisotopic (exact) mass is 450 g/mol. The molecule has 0 saturated carbocycles. The van der Waals surface area contributed by atoms with Crippen LogP contribution in [0.2, 0.25) is 0 Å². The number of carbonyl (C=O) groups is 6. The van der Waals surface area contributed by atoms with E-state index in [2.05, 4.69) is 0 Å². The summed E-state index contributed by atoms with van der Waals surface area (Å²) in [5.41, 5.74) is 5.43. The third kappa shape index (κ3) is 9.83. The molecule has 0 aromatic carbocycles. The molecule has 0 aromatic heterocycles. The number of hydrogen-bond donors (Lipinski definition) is 9. The fourth-order valence-electron chi connectivity index (χ4n) is 2.17.